The van der Waals surface area contributed by atoms with Crippen LogP contribution in [0, 0.1) is 19.7 Å². The predicted molar refractivity (Wildman–Crippen MR) is 108 cm³/mol. The van der Waals surface area contributed by atoms with E-state index in [0.29, 0.717) is 16.3 Å². The molecule has 2 aromatic carbocycles. The molecule has 2 heterocycles. The summed E-state index contributed by atoms with van der Waals surface area (Å²) in [4.78, 5) is 39.1. The number of hydrogen-bond acceptors (Lipinski definition) is 6. The Labute approximate surface area is 176 Å². The molecular weight excluding hydrogens is 413 g/mol. The Morgan fingerprint density at radius 3 is 2.57 bits per heavy atom. The highest BCUT2D eigenvalue weighted by Gasteiger charge is 2.55. The molecule has 2 aliphatic heterocycles. The number of carbonyl (C=O) groups excluding carboxylic acids is 3. The van der Waals surface area contributed by atoms with E-state index in [0.717, 1.165) is 10.5 Å². The van der Waals surface area contributed by atoms with Gasteiger partial charge in [-0.2, -0.15) is 5.11 Å². The first-order valence-corrected chi connectivity index (χ1v) is 9.51. The fraction of sp³-hybridized carbons (Fsp3) is 0.250. The molecule has 1 fully saturated rings. The molecule has 10 heteroatoms. The molecule has 0 aromatic heterocycles. The number of imide groups is 1. The molecule has 2 atom stereocenters. The smallest absolute Gasteiger partial charge is 0.263 e. The van der Waals surface area contributed by atoms with Gasteiger partial charge in [0.05, 0.1) is 5.69 Å². The number of fused-ring (bicyclic) bond motifs is 1. The van der Waals surface area contributed by atoms with Crippen LogP contribution in [0.3, 0.4) is 0 Å². The lowest BCUT2D eigenvalue weighted by molar-refractivity contribution is -0.123. The first-order valence-electron chi connectivity index (χ1n) is 9.13. The Balaban J connectivity index is 1.49. The van der Waals surface area contributed by atoms with E-state index < -0.39 is 35.6 Å². The van der Waals surface area contributed by atoms with E-state index in [1.165, 1.54) is 17.1 Å². The molecule has 1 N–H and O–H groups in total. The fourth-order valence-corrected chi connectivity index (χ4v) is 3.52. The van der Waals surface area contributed by atoms with Gasteiger partial charge < -0.3 is 5.32 Å². The van der Waals surface area contributed by atoms with Gasteiger partial charge in [0, 0.05) is 10.7 Å². The monoisotopic (exact) mass is 429 g/mol. The van der Waals surface area contributed by atoms with Crippen LogP contribution in [0.5, 0.6) is 0 Å². The SMILES string of the molecule is Cc1ccc(NC(=O)CN2N=N[C@@H]3C(=O)N(c4ccc(C)c(Cl)c4)C(=O)[C@@H]32)cc1F. The Morgan fingerprint density at radius 2 is 1.87 bits per heavy atom. The highest BCUT2D eigenvalue weighted by molar-refractivity contribution is 6.32. The molecule has 0 aliphatic carbocycles. The molecule has 0 radical (unpaired) electrons. The highest BCUT2D eigenvalue weighted by Crippen LogP contribution is 2.33. The zero-order valence-electron chi connectivity index (χ0n) is 16.1. The number of carbonyl (C=O) groups is 3. The van der Waals surface area contributed by atoms with Crippen LogP contribution in [0.25, 0.3) is 0 Å². The minimum Gasteiger partial charge on any atom is -0.324 e. The average Bonchev–Trinajstić information content (AvgIpc) is 3.21. The maximum Gasteiger partial charge on any atom is 0.263 e. The maximum atomic E-state index is 13.7. The topological polar surface area (TPSA) is 94.4 Å². The summed E-state index contributed by atoms with van der Waals surface area (Å²) in [5, 5.41) is 11.8. The standard InChI is InChI=1S/C20H17ClFN5O3/c1-10-4-6-13(8-14(10)21)27-19(29)17-18(20(27)30)26(25-24-17)9-16(28)23-12-5-3-11(2)15(22)7-12/h3-8,17-18H,9H2,1-2H3,(H,23,28)/t17-,18+/m0/s1. The minimum atomic E-state index is -1.03. The summed E-state index contributed by atoms with van der Waals surface area (Å²) >= 11 is 6.12. The summed E-state index contributed by atoms with van der Waals surface area (Å²) in [6.07, 6.45) is 0. The molecule has 4 rings (SSSR count). The van der Waals surface area contributed by atoms with Crippen LogP contribution < -0.4 is 10.2 Å². The number of anilines is 2. The number of nitrogens with one attached hydrogen (secondary N) is 1. The Hall–Kier alpha value is -3.33. The van der Waals surface area contributed by atoms with E-state index in [-0.39, 0.29) is 12.2 Å². The van der Waals surface area contributed by atoms with Crippen molar-refractivity contribution < 1.29 is 18.8 Å². The number of benzene rings is 2. The van der Waals surface area contributed by atoms with Crippen molar-refractivity contribution in [2.24, 2.45) is 10.3 Å². The van der Waals surface area contributed by atoms with Crippen molar-refractivity contribution in [1.82, 2.24) is 5.01 Å². The maximum absolute atomic E-state index is 13.7. The lowest BCUT2D eigenvalue weighted by Crippen LogP contribution is -2.43. The van der Waals surface area contributed by atoms with Crippen LogP contribution >= 0.6 is 11.6 Å². The molecule has 154 valence electrons. The lowest BCUT2D eigenvalue weighted by atomic mass is 10.1. The second kappa shape index (κ2) is 7.49. The molecule has 0 spiro atoms. The third-order valence-corrected chi connectivity index (χ3v) is 5.44. The number of halogens is 2. The average molecular weight is 430 g/mol. The largest absolute Gasteiger partial charge is 0.324 e. The third kappa shape index (κ3) is 3.41. The van der Waals surface area contributed by atoms with Crippen molar-refractivity contribution >= 4 is 40.7 Å². The van der Waals surface area contributed by atoms with Gasteiger partial charge >= 0.3 is 0 Å². The van der Waals surface area contributed by atoms with E-state index in [9.17, 15) is 18.8 Å². The van der Waals surface area contributed by atoms with Gasteiger partial charge in [-0.15, -0.1) is 0 Å². The van der Waals surface area contributed by atoms with Crippen molar-refractivity contribution in [2.45, 2.75) is 25.9 Å². The number of amides is 3. The molecule has 0 saturated carbocycles. The quantitative estimate of drug-likeness (QED) is 0.756. The lowest BCUT2D eigenvalue weighted by Gasteiger charge is -2.20. The van der Waals surface area contributed by atoms with Gasteiger partial charge in [0.1, 0.15) is 12.4 Å². The van der Waals surface area contributed by atoms with Gasteiger partial charge in [-0.1, -0.05) is 29.0 Å². The van der Waals surface area contributed by atoms with Gasteiger partial charge in [-0.05, 0) is 49.2 Å². The van der Waals surface area contributed by atoms with Crippen LogP contribution in [0.2, 0.25) is 5.02 Å². The van der Waals surface area contributed by atoms with Crippen LogP contribution in [-0.4, -0.2) is 41.4 Å². The Kier molecular flexibility index (Phi) is 4.98. The molecule has 0 bridgehead atoms. The van der Waals surface area contributed by atoms with Crippen LogP contribution in [-0.2, 0) is 14.4 Å². The van der Waals surface area contributed by atoms with Crippen molar-refractivity contribution in [1.29, 1.82) is 0 Å². The molecule has 1 saturated heterocycles. The zero-order chi connectivity index (χ0) is 21.6. The van der Waals surface area contributed by atoms with Gasteiger partial charge in [0.15, 0.2) is 12.1 Å². The van der Waals surface area contributed by atoms with Gasteiger partial charge in [-0.3, -0.25) is 19.4 Å². The van der Waals surface area contributed by atoms with Crippen molar-refractivity contribution in [2.75, 3.05) is 16.8 Å². The van der Waals surface area contributed by atoms with Crippen molar-refractivity contribution in [3.63, 3.8) is 0 Å². The third-order valence-electron chi connectivity index (χ3n) is 5.03. The summed E-state index contributed by atoms with van der Waals surface area (Å²) < 4.78 is 13.7. The molecular formula is C20H17ClFN5O3. The first-order chi connectivity index (χ1) is 14.3. The number of nitrogens with zero attached hydrogens (tertiary/aromatic N) is 4. The van der Waals surface area contributed by atoms with E-state index in [2.05, 4.69) is 15.7 Å². The Morgan fingerprint density at radius 1 is 1.13 bits per heavy atom. The molecule has 0 unspecified atom stereocenters. The van der Waals surface area contributed by atoms with Gasteiger partial charge in [0.25, 0.3) is 11.8 Å². The van der Waals surface area contributed by atoms with Crippen molar-refractivity contribution in [3.05, 3.63) is 58.4 Å². The fourth-order valence-electron chi connectivity index (χ4n) is 3.35. The van der Waals surface area contributed by atoms with Gasteiger partial charge in [0.2, 0.25) is 5.91 Å². The normalized spacial score (nSPS) is 20.1. The Bertz CT molecular complexity index is 1110. The van der Waals surface area contributed by atoms with Crippen molar-refractivity contribution in [3.8, 4) is 0 Å². The summed E-state index contributed by atoms with van der Waals surface area (Å²) in [5.41, 5.74) is 1.88. The number of hydrogen-bond donors (Lipinski definition) is 1. The summed E-state index contributed by atoms with van der Waals surface area (Å²) in [5.74, 6) is -2.03. The van der Waals surface area contributed by atoms with Gasteiger partial charge in [-0.25, -0.2) is 9.29 Å². The second-order valence-electron chi connectivity index (χ2n) is 7.15. The number of aryl methyl sites for hydroxylation is 2. The second-order valence-corrected chi connectivity index (χ2v) is 7.56. The van der Waals surface area contributed by atoms with Crippen LogP contribution in [0.4, 0.5) is 15.8 Å². The molecule has 30 heavy (non-hydrogen) atoms. The van der Waals surface area contributed by atoms with Crippen LogP contribution in [0.1, 0.15) is 11.1 Å². The van der Waals surface area contributed by atoms with E-state index in [1.807, 2.05) is 6.92 Å². The molecule has 2 aromatic rings. The predicted octanol–water partition coefficient (Wildman–Crippen LogP) is 3.03. The summed E-state index contributed by atoms with van der Waals surface area (Å²) in [7, 11) is 0. The molecule has 2 aliphatic rings. The highest BCUT2D eigenvalue weighted by atomic mass is 35.5. The first kappa shape index (κ1) is 20.0. The van der Waals surface area contributed by atoms with Crippen LogP contribution in [0.15, 0.2) is 46.7 Å². The minimum absolute atomic E-state index is 0.278. The molecule has 8 nitrogen and oxygen atoms in total. The number of rotatable bonds is 4. The van der Waals surface area contributed by atoms with E-state index >= 15 is 0 Å². The summed E-state index contributed by atoms with van der Waals surface area (Å²) in [6.45, 7) is 3.10. The molecule has 3 amide bonds. The zero-order valence-corrected chi connectivity index (χ0v) is 16.9. The van der Waals surface area contributed by atoms with E-state index in [1.54, 1.807) is 31.2 Å². The van der Waals surface area contributed by atoms with E-state index in [4.69, 9.17) is 11.6 Å². The summed E-state index contributed by atoms with van der Waals surface area (Å²) in [6, 6.07) is 7.14.